The van der Waals surface area contributed by atoms with Gasteiger partial charge < -0.3 is 14.5 Å². The summed E-state index contributed by atoms with van der Waals surface area (Å²) in [6, 6.07) is 3.97. The van der Waals surface area contributed by atoms with Crippen molar-refractivity contribution in [2.24, 2.45) is 0 Å². The maximum Gasteiger partial charge on any atom is 0.355 e. The molecule has 0 radical (unpaired) electrons. The number of carbonyl (C=O) groups excluding carboxylic acids is 2. The summed E-state index contributed by atoms with van der Waals surface area (Å²) in [5.74, 6) is -1.79. The normalized spacial score (nSPS) is 10.5. The van der Waals surface area contributed by atoms with Gasteiger partial charge in [-0.3, -0.25) is 0 Å². The van der Waals surface area contributed by atoms with Crippen LogP contribution < -0.4 is 0 Å². The molecule has 116 valence electrons. The minimum atomic E-state index is -0.668. The highest BCUT2D eigenvalue weighted by atomic mass is 19.1. The molecule has 22 heavy (non-hydrogen) atoms. The number of nitrogens with one attached hydrogen (secondary N) is 1. The molecular weight excluding hydrogens is 289 g/mol. The van der Waals surface area contributed by atoms with Crippen molar-refractivity contribution < 1.29 is 23.5 Å². The van der Waals surface area contributed by atoms with Gasteiger partial charge in [-0.25, -0.2) is 14.0 Å². The van der Waals surface area contributed by atoms with Crippen LogP contribution in [0.2, 0.25) is 0 Å². The van der Waals surface area contributed by atoms with Crippen LogP contribution in [0, 0.1) is 5.82 Å². The lowest BCUT2D eigenvalue weighted by Crippen LogP contribution is -2.11. The first kappa shape index (κ1) is 15.8. The van der Waals surface area contributed by atoms with E-state index in [1.54, 1.807) is 13.8 Å². The van der Waals surface area contributed by atoms with Gasteiger partial charge in [0.25, 0.3) is 0 Å². The van der Waals surface area contributed by atoms with E-state index in [0.29, 0.717) is 10.9 Å². The van der Waals surface area contributed by atoms with E-state index in [1.165, 1.54) is 18.2 Å². The minimum Gasteiger partial charge on any atom is -0.462 e. The second-order valence-corrected chi connectivity index (χ2v) is 4.48. The number of ether oxygens (including phenoxy) is 2. The van der Waals surface area contributed by atoms with Crippen molar-refractivity contribution in [1.29, 1.82) is 0 Å². The number of fused-ring (bicyclic) bond motifs is 1. The molecule has 0 aliphatic rings. The first-order chi connectivity index (χ1) is 10.5. The lowest BCUT2D eigenvalue weighted by molar-refractivity contribution is -0.136. The van der Waals surface area contributed by atoms with Crippen molar-refractivity contribution >= 4 is 28.4 Å². The van der Waals surface area contributed by atoms with E-state index in [0.717, 1.165) is 0 Å². The van der Waals surface area contributed by atoms with Gasteiger partial charge in [-0.15, -0.1) is 0 Å². The number of hydrogen-bond acceptors (Lipinski definition) is 4. The SMILES string of the molecule is C=C(C(=O)OCC)c1c(C(=O)OCC)[nH]c2ccc(F)cc12. The van der Waals surface area contributed by atoms with Crippen LogP contribution in [0.1, 0.15) is 29.9 Å². The fraction of sp³-hybridized carbons (Fsp3) is 0.250. The van der Waals surface area contributed by atoms with Crippen LogP contribution in [0.4, 0.5) is 4.39 Å². The van der Waals surface area contributed by atoms with Gasteiger partial charge in [-0.2, -0.15) is 0 Å². The highest BCUT2D eigenvalue weighted by molar-refractivity contribution is 6.22. The van der Waals surface area contributed by atoms with E-state index in [-0.39, 0.29) is 30.0 Å². The highest BCUT2D eigenvalue weighted by Gasteiger charge is 2.25. The fourth-order valence-corrected chi connectivity index (χ4v) is 2.15. The molecule has 6 heteroatoms. The van der Waals surface area contributed by atoms with Gasteiger partial charge in [0.15, 0.2) is 0 Å². The Morgan fingerprint density at radius 2 is 1.91 bits per heavy atom. The lowest BCUT2D eigenvalue weighted by atomic mass is 10.0. The van der Waals surface area contributed by atoms with Crippen molar-refractivity contribution in [3.05, 3.63) is 41.9 Å². The summed E-state index contributed by atoms with van der Waals surface area (Å²) in [5.41, 5.74) is 0.735. The molecular formula is C16H16FNO4. The Hall–Kier alpha value is -2.63. The molecule has 0 aliphatic heterocycles. The molecule has 0 saturated heterocycles. The first-order valence-electron chi connectivity index (χ1n) is 6.84. The van der Waals surface area contributed by atoms with Gasteiger partial charge in [-0.1, -0.05) is 6.58 Å². The average molecular weight is 305 g/mol. The lowest BCUT2D eigenvalue weighted by Gasteiger charge is -2.07. The summed E-state index contributed by atoms with van der Waals surface area (Å²) < 4.78 is 23.4. The van der Waals surface area contributed by atoms with Crippen LogP contribution in [0.5, 0.6) is 0 Å². The molecule has 2 aromatic rings. The number of halogens is 1. The molecule has 0 bridgehead atoms. The van der Waals surface area contributed by atoms with Crippen LogP contribution in [-0.4, -0.2) is 30.1 Å². The number of aromatic nitrogens is 1. The molecule has 0 amide bonds. The number of aromatic amines is 1. The first-order valence-corrected chi connectivity index (χ1v) is 6.84. The second kappa shape index (κ2) is 6.43. The minimum absolute atomic E-state index is 0.0262. The number of carbonyl (C=O) groups is 2. The maximum absolute atomic E-state index is 13.5. The highest BCUT2D eigenvalue weighted by Crippen LogP contribution is 2.30. The van der Waals surface area contributed by atoms with Gasteiger partial charge in [0.1, 0.15) is 11.5 Å². The molecule has 1 heterocycles. The van der Waals surface area contributed by atoms with Gasteiger partial charge in [0.05, 0.1) is 18.8 Å². The summed E-state index contributed by atoms with van der Waals surface area (Å²) in [7, 11) is 0. The van der Waals surface area contributed by atoms with E-state index in [2.05, 4.69) is 11.6 Å². The number of esters is 2. The smallest absolute Gasteiger partial charge is 0.355 e. The van der Waals surface area contributed by atoms with E-state index in [9.17, 15) is 14.0 Å². The van der Waals surface area contributed by atoms with Crippen molar-refractivity contribution in [3.63, 3.8) is 0 Å². The third-order valence-corrected chi connectivity index (χ3v) is 3.06. The Balaban J connectivity index is 2.63. The quantitative estimate of drug-likeness (QED) is 0.681. The van der Waals surface area contributed by atoms with Crippen LogP contribution in [0.3, 0.4) is 0 Å². The zero-order valence-electron chi connectivity index (χ0n) is 12.4. The Bertz CT molecular complexity index is 748. The Morgan fingerprint density at radius 3 is 2.55 bits per heavy atom. The van der Waals surface area contributed by atoms with Gasteiger partial charge >= 0.3 is 11.9 Å². The summed E-state index contributed by atoms with van der Waals surface area (Å²) in [4.78, 5) is 26.8. The van der Waals surface area contributed by atoms with Crippen LogP contribution in [0.25, 0.3) is 16.5 Å². The van der Waals surface area contributed by atoms with Crippen LogP contribution in [0.15, 0.2) is 24.8 Å². The molecule has 1 aromatic heterocycles. The average Bonchev–Trinajstić information content (AvgIpc) is 2.85. The molecule has 0 aliphatic carbocycles. The largest absolute Gasteiger partial charge is 0.462 e. The van der Waals surface area contributed by atoms with E-state index >= 15 is 0 Å². The van der Waals surface area contributed by atoms with E-state index in [1.807, 2.05) is 0 Å². The number of hydrogen-bond donors (Lipinski definition) is 1. The number of benzene rings is 1. The predicted molar refractivity (Wildman–Crippen MR) is 79.9 cm³/mol. The van der Waals surface area contributed by atoms with E-state index < -0.39 is 17.8 Å². The molecule has 1 aromatic carbocycles. The molecule has 2 rings (SSSR count). The second-order valence-electron chi connectivity index (χ2n) is 4.48. The van der Waals surface area contributed by atoms with Crippen molar-refractivity contribution in [2.75, 3.05) is 13.2 Å². The molecule has 0 saturated carbocycles. The molecule has 0 fully saturated rings. The third kappa shape index (κ3) is 2.86. The fourth-order valence-electron chi connectivity index (χ4n) is 2.15. The molecule has 5 nitrogen and oxygen atoms in total. The van der Waals surface area contributed by atoms with Crippen LogP contribution in [-0.2, 0) is 14.3 Å². The number of rotatable bonds is 5. The predicted octanol–water partition coefficient (Wildman–Crippen LogP) is 3.06. The summed E-state index contributed by atoms with van der Waals surface area (Å²) in [5, 5.41) is 0.376. The summed E-state index contributed by atoms with van der Waals surface area (Å²) >= 11 is 0. The van der Waals surface area contributed by atoms with Gasteiger partial charge in [0, 0.05) is 16.5 Å². The molecule has 0 spiro atoms. The van der Waals surface area contributed by atoms with Gasteiger partial charge in [-0.05, 0) is 32.0 Å². The van der Waals surface area contributed by atoms with Crippen molar-refractivity contribution in [2.45, 2.75) is 13.8 Å². The summed E-state index contributed by atoms with van der Waals surface area (Å²) in [6.45, 7) is 7.34. The van der Waals surface area contributed by atoms with Crippen molar-refractivity contribution in [3.8, 4) is 0 Å². The Labute approximate surface area is 126 Å². The summed E-state index contributed by atoms with van der Waals surface area (Å²) in [6.07, 6.45) is 0. The van der Waals surface area contributed by atoms with E-state index in [4.69, 9.17) is 9.47 Å². The Kier molecular flexibility index (Phi) is 4.60. The monoisotopic (exact) mass is 305 g/mol. The standard InChI is InChI=1S/C16H16FNO4/c1-4-21-15(19)9(3)13-11-8-10(17)6-7-12(11)18-14(13)16(20)22-5-2/h6-8,18H,3-5H2,1-2H3. The third-order valence-electron chi connectivity index (χ3n) is 3.06. The zero-order valence-corrected chi connectivity index (χ0v) is 12.4. The van der Waals surface area contributed by atoms with Crippen molar-refractivity contribution in [1.82, 2.24) is 4.98 Å². The molecule has 0 unspecified atom stereocenters. The molecule has 1 N–H and O–H groups in total. The Morgan fingerprint density at radius 1 is 1.23 bits per heavy atom. The van der Waals surface area contributed by atoms with Crippen LogP contribution >= 0.6 is 0 Å². The maximum atomic E-state index is 13.5. The topological polar surface area (TPSA) is 68.4 Å². The molecule has 0 atom stereocenters. The van der Waals surface area contributed by atoms with Gasteiger partial charge in [0.2, 0.25) is 0 Å². The zero-order chi connectivity index (χ0) is 16.3. The number of H-pyrrole nitrogens is 1.